The molecule has 0 bridgehead atoms. The Balaban J connectivity index is 2.33. The zero-order valence-electron chi connectivity index (χ0n) is 10.1. The standard InChI is InChI=1S/C12H12N4OS/c1-3-8-6(2)18-12-9(8)11(17)15-10(16-12)7-4-13-14-5-7/h4-5H,3H2,1-2H3,(H,13,14)(H,15,16,17). The summed E-state index contributed by atoms with van der Waals surface area (Å²) in [7, 11) is 0. The number of aromatic amines is 2. The molecule has 5 nitrogen and oxygen atoms in total. The van der Waals surface area contributed by atoms with Gasteiger partial charge in [0.25, 0.3) is 5.56 Å². The summed E-state index contributed by atoms with van der Waals surface area (Å²) in [5.41, 5.74) is 1.82. The second-order valence-electron chi connectivity index (χ2n) is 4.07. The van der Waals surface area contributed by atoms with Gasteiger partial charge in [-0.15, -0.1) is 11.3 Å². The number of nitrogens with one attached hydrogen (secondary N) is 2. The maximum absolute atomic E-state index is 12.2. The first-order valence-corrected chi connectivity index (χ1v) is 6.53. The lowest BCUT2D eigenvalue weighted by atomic mass is 10.1. The predicted octanol–water partition coefficient (Wildman–Crippen LogP) is 2.25. The number of hydrogen-bond donors (Lipinski definition) is 2. The zero-order chi connectivity index (χ0) is 12.7. The van der Waals surface area contributed by atoms with Gasteiger partial charge in [-0.1, -0.05) is 6.92 Å². The summed E-state index contributed by atoms with van der Waals surface area (Å²) in [6, 6.07) is 0. The van der Waals surface area contributed by atoms with Gasteiger partial charge in [0, 0.05) is 11.1 Å². The average molecular weight is 260 g/mol. The highest BCUT2D eigenvalue weighted by atomic mass is 32.1. The van der Waals surface area contributed by atoms with E-state index >= 15 is 0 Å². The van der Waals surface area contributed by atoms with E-state index in [0.29, 0.717) is 5.82 Å². The molecular weight excluding hydrogens is 248 g/mol. The smallest absolute Gasteiger partial charge is 0.260 e. The van der Waals surface area contributed by atoms with Gasteiger partial charge in [-0.2, -0.15) is 5.10 Å². The van der Waals surface area contributed by atoms with Crippen molar-refractivity contribution in [2.45, 2.75) is 20.3 Å². The van der Waals surface area contributed by atoms with Gasteiger partial charge in [-0.25, -0.2) is 4.98 Å². The topological polar surface area (TPSA) is 74.4 Å². The molecule has 0 fully saturated rings. The van der Waals surface area contributed by atoms with Crippen molar-refractivity contribution in [1.82, 2.24) is 20.2 Å². The fraction of sp³-hybridized carbons (Fsp3) is 0.250. The number of nitrogens with zero attached hydrogens (tertiary/aromatic N) is 2. The van der Waals surface area contributed by atoms with Crippen LogP contribution in [-0.2, 0) is 6.42 Å². The summed E-state index contributed by atoms with van der Waals surface area (Å²) in [6.45, 7) is 4.08. The summed E-state index contributed by atoms with van der Waals surface area (Å²) in [6.07, 6.45) is 4.21. The van der Waals surface area contributed by atoms with Crippen LogP contribution in [0.15, 0.2) is 17.2 Å². The van der Waals surface area contributed by atoms with Crippen molar-refractivity contribution in [3.05, 3.63) is 33.2 Å². The second-order valence-corrected chi connectivity index (χ2v) is 5.28. The van der Waals surface area contributed by atoms with Crippen LogP contribution in [0.25, 0.3) is 21.6 Å². The van der Waals surface area contributed by atoms with Gasteiger partial charge in [0.15, 0.2) is 0 Å². The Labute approximate surface area is 107 Å². The molecule has 3 heterocycles. The van der Waals surface area contributed by atoms with Gasteiger partial charge in [0.2, 0.25) is 0 Å². The van der Waals surface area contributed by atoms with Crippen LogP contribution in [0.4, 0.5) is 0 Å². The number of hydrogen-bond acceptors (Lipinski definition) is 4. The fourth-order valence-corrected chi connectivity index (χ4v) is 3.23. The van der Waals surface area contributed by atoms with Crippen molar-refractivity contribution in [2.24, 2.45) is 0 Å². The van der Waals surface area contributed by atoms with E-state index in [4.69, 9.17) is 0 Å². The third kappa shape index (κ3) is 1.57. The van der Waals surface area contributed by atoms with Crippen LogP contribution in [0.1, 0.15) is 17.4 Å². The Hall–Kier alpha value is -1.95. The average Bonchev–Trinajstić information content (AvgIpc) is 2.95. The minimum Gasteiger partial charge on any atom is -0.306 e. The first-order chi connectivity index (χ1) is 8.70. The maximum atomic E-state index is 12.2. The molecule has 3 aromatic heterocycles. The van der Waals surface area contributed by atoms with E-state index in [-0.39, 0.29) is 5.56 Å². The van der Waals surface area contributed by atoms with E-state index in [9.17, 15) is 4.79 Å². The normalized spacial score (nSPS) is 11.2. The molecule has 0 radical (unpaired) electrons. The van der Waals surface area contributed by atoms with Crippen LogP contribution in [0.2, 0.25) is 0 Å². The summed E-state index contributed by atoms with van der Waals surface area (Å²) >= 11 is 1.57. The minimum absolute atomic E-state index is 0.0719. The Bertz CT molecular complexity index is 754. The van der Waals surface area contributed by atoms with E-state index in [1.807, 2.05) is 6.92 Å². The van der Waals surface area contributed by atoms with E-state index in [0.717, 1.165) is 32.6 Å². The molecule has 0 atom stereocenters. The molecule has 0 aliphatic heterocycles. The Kier molecular flexibility index (Phi) is 2.52. The van der Waals surface area contributed by atoms with Gasteiger partial charge in [-0.05, 0) is 18.9 Å². The maximum Gasteiger partial charge on any atom is 0.260 e. The molecule has 0 aromatic carbocycles. The van der Waals surface area contributed by atoms with Crippen LogP contribution in [0.5, 0.6) is 0 Å². The molecule has 3 aromatic rings. The Morgan fingerprint density at radius 1 is 1.44 bits per heavy atom. The molecule has 0 aliphatic rings. The van der Waals surface area contributed by atoms with Crippen LogP contribution >= 0.6 is 11.3 Å². The molecule has 6 heteroatoms. The lowest BCUT2D eigenvalue weighted by Crippen LogP contribution is -2.09. The molecule has 0 spiro atoms. The van der Waals surface area contributed by atoms with Crippen LogP contribution in [-0.4, -0.2) is 20.2 Å². The van der Waals surface area contributed by atoms with Crippen molar-refractivity contribution < 1.29 is 0 Å². The predicted molar refractivity (Wildman–Crippen MR) is 71.9 cm³/mol. The van der Waals surface area contributed by atoms with Gasteiger partial charge in [0.1, 0.15) is 10.7 Å². The molecule has 0 unspecified atom stereocenters. The van der Waals surface area contributed by atoms with Crippen molar-refractivity contribution in [3.63, 3.8) is 0 Å². The zero-order valence-corrected chi connectivity index (χ0v) is 10.9. The van der Waals surface area contributed by atoms with Crippen LogP contribution in [0, 0.1) is 6.92 Å². The summed E-state index contributed by atoms with van der Waals surface area (Å²) < 4.78 is 0. The SMILES string of the molecule is CCc1c(C)sc2nc(-c3cn[nH]c3)[nH]c(=O)c12. The van der Waals surface area contributed by atoms with Gasteiger partial charge in [0.05, 0.1) is 17.1 Å². The van der Waals surface area contributed by atoms with Gasteiger partial charge < -0.3 is 4.98 Å². The molecular formula is C12H12N4OS. The van der Waals surface area contributed by atoms with Crippen molar-refractivity contribution in [1.29, 1.82) is 0 Å². The summed E-state index contributed by atoms with van der Waals surface area (Å²) in [4.78, 5) is 21.5. The lowest BCUT2D eigenvalue weighted by Gasteiger charge is -1.98. The summed E-state index contributed by atoms with van der Waals surface area (Å²) in [5, 5.41) is 7.31. The largest absolute Gasteiger partial charge is 0.306 e. The highest BCUT2D eigenvalue weighted by Crippen LogP contribution is 2.28. The first-order valence-electron chi connectivity index (χ1n) is 5.72. The first kappa shape index (κ1) is 11.2. The van der Waals surface area contributed by atoms with E-state index in [2.05, 4.69) is 27.1 Å². The number of aromatic nitrogens is 4. The Morgan fingerprint density at radius 3 is 2.94 bits per heavy atom. The quantitative estimate of drug-likeness (QED) is 0.742. The molecule has 3 rings (SSSR count). The summed E-state index contributed by atoms with van der Waals surface area (Å²) in [5.74, 6) is 0.560. The van der Waals surface area contributed by atoms with Gasteiger partial charge >= 0.3 is 0 Å². The molecule has 2 N–H and O–H groups in total. The number of H-pyrrole nitrogens is 2. The molecule has 0 saturated carbocycles. The van der Waals surface area contributed by atoms with Crippen molar-refractivity contribution in [3.8, 4) is 11.4 Å². The molecule has 18 heavy (non-hydrogen) atoms. The number of fused-ring (bicyclic) bond motifs is 1. The highest BCUT2D eigenvalue weighted by molar-refractivity contribution is 7.18. The van der Waals surface area contributed by atoms with Crippen molar-refractivity contribution in [2.75, 3.05) is 0 Å². The minimum atomic E-state index is -0.0719. The third-order valence-corrected chi connectivity index (χ3v) is 4.03. The Morgan fingerprint density at radius 2 is 2.28 bits per heavy atom. The third-order valence-electron chi connectivity index (χ3n) is 2.99. The van der Waals surface area contributed by atoms with Crippen molar-refractivity contribution >= 4 is 21.6 Å². The monoisotopic (exact) mass is 260 g/mol. The van der Waals surface area contributed by atoms with E-state index < -0.39 is 0 Å². The second kappa shape index (κ2) is 4.06. The molecule has 92 valence electrons. The molecule has 0 amide bonds. The number of rotatable bonds is 2. The molecule has 0 aliphatic carbocycles. The van der Waals surface area contributed by atoms with Crippen LogP contribution < -0.4 is 5.56 Å². The van der Waals surface area contributed by atoms with Crippen LogP contribution in [0.3, 0.4) is 0 Å². The van der Waals surface area contributed by atoms with E-state index in [1.54, 1.807) is 23.7 Å². The van der Waals surface area contributed by atoms with E-state index in [1.165, 1.54) is 0 Å². The lowest BCUT2D eigenvalue weighted by molar-refractivity contribution is 1.09. The number of aryl methyl sites for hydroxylation is 2. The van der Waals surface area contributed by atoms with Gasteiger partial charge in [-0.3, -0.25) is 9.89 Å². The highest BCUT2D eigenvalue weighted by Gasteiger charge is 2.14. The number of thiophene rings is 1. The molecule has 0 saturated heterocycles. The fourth-order valence-electron chi connectivity index (χ4n) is 2.12.